The van der Waals surface area contributed by atoms with Crippen molar-refractivity contribution in [3.8, 4) is 0 Å². The normalized spacial score (nSPS) is 18.9. The highest BCUT2D eigenvalue weighted by Crippen LogP contribution is 2.29. The van der Waals surface area contributed by atoms with E-state index in [1.165, 1.54) is 6.42 Å². The molecule has 92 valence electrons. The van der Waals surface area contributed by atoms with Crippen LogP contribution in [0.4, 0.5) is 0 Å². The standard InChI is InChI=1S/C11H21N3O2/c1-2-4-9(11(12)14-16)13-10(15)7-8-5-3-6-8/h8-9,16H,2-7H2,1H3,(H2,12,14)(H,13,15). The number of nitrogens with zero attached hydrogens (tertiary/aromatic N) is 1. The molecule has 1 aliphatic carbocycles. The van der Waals surface area contributed by atoms with Crippen molar-refractivity contribution < 1.29 is 10.0 Å². The number of oxime groups is 1. The van der Waals surface area contributed by atoms with E-state index in [0.29, 0.717) is 18.8 Å². The minimum atomic E-state index is -0.331. The van der Waals surface area contributed by atoms with Gasteiger partial charge in [0.1, 0.15) is 0 Å². The minimum Gasteiger partial charge on any atom is -0.409 e. The molecule has 0 aromatic heterocycles. The molecule has 4 N–H and O–H groups in total. The van der Waals surface area contributed by atoms with E-state index in [2.05, 4.69) is 10.5 Å². The zero-order chi connectivity index (χ0) is 12.0. The van der Waals surface area contributed by atoms with Crippen LogP contribution in [0.5, 0.6) is 0 Å². The summed E-state index contributed by atoms with van der Waals surface area (Å²) in [5.41, 5.74) is 5.51. The minimum absolute atomic E-state index is 0.00903. The predicted octanol–water partition coefficient (Wildman–Crippen LogP) is 1.21. The molecule has 1 unspecified atom stereocenters. The Bertz CT molecular complexity index is 262. The largest absolute Gasteiger partial charge is 0.409 e. The van der Waals surface area contributed by atoms with Crippen molar-refractivity contribution in [2.24, 2.45) is 16.8 Å². The van der Waals surface area contributed by atoms with Crippen LogP contribution in [0.1, 0.15) is 45.4 Å². The molecule has 0 radical (unpaired) electrons. The number of carbonyl (C=O) groups excluding carboxylic acids is 1. The maximum atomic E-state index is 11.6. The van der Waals surface area contributed by atoms with Crippen molar-refractivity contribution in [1.82, 2.24) is 5.32 Å². The first-order valence-electron chi connectivity index (χ1n) is 5.94. The Hall–Kier alpha value is -1.26. The average molecular weight is 227 g/mol. The molecule has 0 spiro atoms. The molecule has 0 aliphatic heterocycles. The highest BCUT2D eigenvalue weighted by atomic mass is 16.4. The van der Waals surface area contributed by atoms with Gasteiger partial charge in [-0.25, -0.2) is 0 Å². The van der Waals surface area contributed by atoms with Crippen LogP contribution in [0, 0.1) is 5.92 Å². The average Bonchev–Trinajstić information content (AvgIpc) is 2.22. The first-order valence-corrected chi connectivity index (χ1v) is 5.94. The molecular weight excluding hydrogens is 206 g/mol. The number of nitrogens with two attached hydrogens (primary N) is 1. The van der Waals surface area contributed by atoms with Gasteiger partial charge in [0.25, 0.3) is 0 Å². The van der Waals surface area contributed by atoms with E-state index in [4.69, 9.17) is 10.9 Å². The molecule has 1 rings (SSSR count). The summed E-state index contributed by atoms with van der Waals surface area (Å²) in [7, 11) is 0. The molecule has 0 heterocycles. The highest BCUT2D eigenvalue weighted by Gasteiger charge is 2.23. The molecule has 1 atom stereocenters. The summed E-state index contributed by atoms with van der Waals surface area (Å²) >= 11 is 0. The summed E-state index contributed by atoms with van der Waals surface area (Å²) in [5.74, 6) is 0.633. The Morgan fingerprint density at radius 2 is 2.31 bits per heavy atom. The van der Waals surface area contributed by atoms with Gasteiger partial charge in [0.05, 0.1) is 6.04 Å². The van der Waals surface area contributed by atoms with Crippen LogP contribution in [0.25, 0.3) is 0 Å². The number of carbonyl (C=O) groups is 1. The van der Waals surface area contributed by atoms with Gasteiger partial charge in [0.2, 0.25) is 5.91 Å². The SMILES string of the molecule is CCCC(NC(=O)CC1CCC1)C(N)=NO. The quantitative estimate of drug-likeness (QED) is 0.276. The molecule has 5 nitrogen and oxygen atoms in total. The van der Waals surface area contributed by atoms with Crippen LogP contribution in [-0.4, -0.2) is 23.0 Å². The number of hydrogen-bond acceptors (Lipinski definition) is 3. The molecule has 1 saturated carbocycles. The maximum absolute atomic E-state index is 11.6. The summed E-state index contributed by atoms with van der Waals surface area (Å²) in [6.07, 6.45) is 5.68. The summed E-state index contributed by atoms with van der Waals surface area (Å²) in [4.78, 5) is 11.6. The Morgan fingerprint density at radius 3 is 2.75 bits per heavy atom. The van der Waals surface area contributed by atoms with Gasteiger partial charge in [0.15, 0.2) is 5.84 Å². The Balaban J connectivity index is 2.37. The number of amides is 1. The molecule has 0 bridgehead atoms. The van der Waals surface area contributed by atoms with Crippen molar-refractivity contribution in [2.45, 2.75) is 51.5 Å². The van der Waals surface area contributed by atoms with E-state index < -0.39 is 0 Å². The first kappa shape index (κ1) is 12.8. The molecule has 5 heteroatoms. The van der Waals surface area contributed by atoms with Gasteiger partial charge in [-0.15, -0.1) is 0 Å². The third-order valence-corrected chi connectivity index (χ3v) is 3.08. The summed E-state index contributed by atoms with van der Waals surface area (Å²) < 4.78 is 0. The fraction of sp³-hybridized carbons (Fsp3) is 0.818. The Kier molecular flexibility index (Phi) is 5.08. The second-order valence-corrected chi connectivity index (χ2v) is 4.43. The molecule has 1 aliphatic rings. The second kappa shape index (κ2) is 6.35. The van der Waals surface area contributed by atoms with Crippen LogP contribution in [0.15, 0.2) is 5.16 Å². The fourth-order valence-corrected chi connectivity index (χ4v) is 1.86. The fourth-order valence-electron chi connectivity index (χ4n) is 1.86. The van der Waals surface area contributed by atoms with E-state index in [1.54, 1.807) is 0 Å². The van der Waals surface area contributed by atoms with E-state index in [-0.39, 0.29) is 17.8 Å². The van der Waals surface area contributed by atoms with Crippen LogP contribution >= 0.6 is 0 Å². The highest BCUT2D eigenvalue weighted by molar-refractivity contribution is 5.89. The van der Waals surface area contributed by atoms with E-state index in [0.717, 1.165) is 19.3 Å². The molecule has 0 aromatic rings. The topological polar surface area (TPSA) is 87.7 Å². The molecular formula is C11H21N3O2. The van der Waals surface area contributed by atoms with Crippen molar-refractivity contribution in [1.29, 1.82) is 0 Å². The molecule has 1 fully saturated rings. The Morgan fingerprint density at radius 1 is 1.62 bits per heavy atom. The monoisotopic (exact) mass is 227 g/mol. The lowest BCUT2D eigenvalue weighted by atomic mass is 9.83. The van der Waals surface area contributed by atoms with Crippen molar-refractivity contribution in [2.75, 3.05) is 0 Å². The van der Waals surface area contributed by atoms with Crippen LogP contribution in [-0.2, 0) is 4.79 Å². The van der Waals surface area contributed by atoms with E-state index in [1.807, 2.05) is 6.92 Å². The lowest BCUT2D eigenvalue weighted by Crippen LogP contribution is -2.45. The third-order valence-electron chi connectivity index (χ3n) is 3.08. The van der Waals surface area contributed by atoms with Gasteiger partial charge in [0, 0.05) is 6.42 Å². The second-order valence-electron chi connectivity index (χ2n) is 4.43. The van der Waals surface area contributed by atoms with Gasteiger partial charge >= 0.3 is 0 Å². The summed E-state index contributed by atoms with van der Waals surface area (Å²) in [6, 6.07) is -0.331. The predicted molar refractivity (Wildman–Crippen MR) is 62.2 cm³/mol. The van der Waals surface area contributed by atoms with Crippen molar-refractivity contribution >= 4 is 11.7 Å². The number of nitrogens with one attached hydrogen (secondary N) is 1. The lowest BCUT2D eigenvalue weighted by molar-refractivity contribution is -0.122. The maximum Gasteiger partial charge on any atom is 0.220 e. The lowest BCUT2D eigenvalue weighted by Gasteiger charge is -2.25. The van der Waals surface area contributed by atoms with Gasteiger partial charge in [-0.1, -0.05) is 24.9 Å². The molecule has 0 saturated heterocycles. The first-order chi connectivity index (χ1) is 7.67. The number of rotatable bonds is 6. The van der Waals surface area contributed by atoms with Gasteiger partial charge < -0.3 is 16.3 Å². The number of hydrogen-bond donors (Lipinski definition) is 3. The van der Waals surface area contributed by atoms with Gasteiger partial charge in [-0.2, -0.15) is 0 Å². The third kappa shape index (κ3) is 3.72. The van der Waals surface area contributed by atoms with E-state index >= 15 is 0 Å². The zero-order valence-corrected chi connectivity index (χ0v) is 9.78. The van der Waals surface area contributed by atoms with Crippen molar-refractivity contribution in [3.05, 3.63) is 0 Å². The van der Waals surface area contributed by atoms with Gasteiger partial charge in [-0.05, 0) is 25.2 Å². The molecule has 0 aromatic carbocycles. The van der Waals surface area contributed by atoms with Crippen LogP contribution < -0.4 is 11.1 Å². The molecule has 16 heavy (non-hydrogen) atoms. The molecule has 1 amide bonds. The van der Waals surface area contributed by atoms with Crippen molar-refractivity contribution in [3.63, 3.8) is 0 Å². The van der Waals surface area contributed by atoms with Crippen LogP contribution in [0.3, 0.4) is 0 Å². The number of amidine groups is 1. The summed E-state index contributed by atoms with van der Waals surface area (Å²) in [5, 5.41) is 14.4. The van der Waals surface area contributed by atoms with E-state index in [9.17, 15) is 4.79 Å². The van der Waals surface area contributed by atoms with Gasteiger partial charge in [-0.3, -0.25) is 4.79 Å². The van der Waals surface area contributed by atoms with Crippen LogP contribution in [0.2, 0.25) is 0 Å². The smallest absolute Gasteiger partial charge is 0.220 e. The Labute approximate surface area is 96.1 Å². The zero-order valence-electron chi connectivity index (χ0n) is 9.78. The summed E-state index contributed by atoms with van der Waals surface area (Å²) in [6.45, 7) is 2.00.